The summed E-state index contributed by atoms with van der Waals surface area (Å²) < 4.78 is 5.63. The molecule has 1 heterocycles. The molecule has 180 valence electrons. The van der Waals surface area contributed by atoms with E-state index in [1.54, 1.807) is 16.7 Å². The second-order valence-corrected chi connectivity index (χ2v) is 9.73. The number of carbonyl (C=O) groups is 3. The molecule has 34 heavy (non-hydrogen) atoms. The Kier molecular flexibility index (Phi) is 7.77. The number of likely N-dealkylation sites (tertiary alicyclic amines) is 1. The molecule has 2 aromatic rings. The van der Waals surface area contributed by atoms with Gasteiger partial charge in [-0.05, 0) is 53.5 Å². The van der Waals surface area contributed by atoms with Gasteiger partial charge in [0.1, 0.15) is 12.6 Å². The molecule has 2 aliphatic rings. The Morgan fingerprint density at radius 2 is 1.65 bits per heavy atom. The predicted octanol–water partition coefficient (Wildman–Crippen LogP) is 3.97. The molecule has 0 spiro atoms. The van der Waals surface area contributed by atoms with Gasteiger partial charge in [0.25, 0.3) is 0 Å². The summed E-state index contributed by atoms with van der Waals surface area (Å²) in [7, 11) is 0. The summed E-state index contributed by atoms with van der Waals surface area (Å²) in [5, 5.41) is 12.0. The van der Waals surface area contributed by atoms with E-state index in [2.05, 4.69) is 29.6 Å². The van der Waals surface area contributed by atoms with Crippen LogP contribution in [0.1, 0.15) is 36.3 Å². The molecule has 1 saturated heterocycles. The number of alkyl carbamates (subject to hydrolysis) is 1. The minimum Gasteiger partial charge on any atom is -0.481 e. The number of amides is 2. The zero-order chi connectivity index (χ0) is 24.1. The first kappa shape index (κ1) is 24.1. The van der Waals surface area contributed by atoms with Crippen LogP contribution in [0.2, 0.25) is 0 Å². The first-order chi connectivity index (χ1) is 16.5. The van der Waals surface area contributed by atoms with Crippen LogP contribution in [0.25, 0.3) is 11.1 Å². The van der Waals surface area contributed by atoms with Crippen LogP contribution in [-0.4, -0.2) is 65.7 Å². The van der Waals surface area contributed by atoms with E-state index >= 15 is 0 Å². The molecule has 8 heteroatoms. The number of ether oxygens (including phenoxy) is 1. The maximum Gasteiger partial charge on any atom is 0.407 e. The fourth-order valence-electron chi connectivity index (χ4n) is 4.84. The van der Waals surface area contributed by atoms with Crippen LogP contribution in [0, 0.1) is 5.92 Å². The van der Waals surface area contributed by atoms with E-state index < -0.39 is 24.0 Å². The lowest BCUT2D eigenvalue weighted by Gasteiger charge is -2.33. The van der Waals surface area contributed by atoms with E-state index in [4.69, 9.17) is 4.74 Å². The van der Waals surface area contributed by atoms with Gasteiger partial charge >= 0.3 is 12.1 Å². The molecule has 0 aromatic heterocycles. The second-order valence-electron chi connectivity index (χ2n) is 8.74. The lowest BCUT2D eigenvalue weighted by atomic mass is 9.96. The van der Waals surface area contributed by atoms with Gasteiger partial charge in [-0.1, -0.05) is 48.5 Å². The summed E-state index contributed by atoms with van der Waals surface area (Å²) in [4.78, 5) is 38.7. The fraction of sp³-hybridized carbons (Fsp3) is 0.423. The molecule has 2 aromatic carbocycles. The average molecular weight is 483 g/mol. The van der Waals surface area contributed by atoms with Gasteiger partial charge in [0.05, 0.1) is 5.92 Å². The summed E-state index contributed by atoms with van der Waals surface area (Å²) in [6.45, 7) is 0.961. The third kappa shape index (κ3) is 5.22. The average Bonchev–Trinajstić information content (AvgIpc) is 3.18. The number of carbonyl (C=O) groups excluding carboxylic acids is 2. The molecular formula is C26H30N2O5S. The number of hydrogen-bond acceptors (Lipinski definition) is 5. The van der Waals surface area contributed by atoms with Gasteiger partial charge in [0.2, 0.25) is 5.91 Å². The molecule has 0 saturated carbocycles. The predicted molar refractivity (Wildman–Crippen MR) is 132 cm³/mol. The fourth-order valence-corrected chi connectivity index (χ4v) is 5.31. The highest BCUT2D eigenvalue weighted by atomic mass is 32.2. The number of rotatable bonds is 8. The maximum absolute atomic E-state index is 13.1. The van der Waals surface area contributed by atoms with Gasteiger partial charge in [-0.2, -0.15) is 11.8 Å². The topological polar surface area (TPSA) is 95.9 Å². The molecule has 0 bridgehead atoms. The normalized spacial score (nSPS) is 16.4. The molecule has 0 radical (unpaired) electrons. The van der Waals surface area contributed by atoms with Crippen molar-refractivity contribution in [1.29, 1.82) is 0 Å². The number of thioether (sulfide) groups is 1. The lowest BCUT2D eigenvalue weighted by Crippen LogP contribution is -2.51. The molecule has 7 nitrogen and oxygen atoms in total. The Labute approximate surface area is 203 Å². The van der Waals surface area contributed by atoms with Gasteiger partial charge in [-0.15, -0.1) is 0 Å². The van der Waals surface area contributed by atoms with E-state index in [1.807, 2.05) is 30.5 Å². The molecule has 1 atom stereocenters. The quantitative estimate of drug-likeness (QED) is 0.591. The van der Waals surface area contributed by atoms with Gasteiger partial charge in [0.15, 0.2) is 0 Å². The third-order valence-corrected chi connectivity index (χ3v) is 7.34. The van der Waals surface area contributed by atoms with Crippen molar-refractivity contribution in [3.05, 3.63) is 59.7 Å². The smallest absolute Gasteiger partial charge is 0.407 e. The monoisotopic (exact) mass is 482 g/mol. The van der Waals surface area contributed by atoms with Crippen molar-refractivity contribution in [2.24, 2.45) is 5.92 Å². The van der Waals surface area contributed by atoms with E-state index in [0.717, 1.165) is 22.3 Å². The summed E-state index contributed by atoms with van der Waals surface area (Å²) in [6, 6.07) is 15.6. The summed E-state index contributed by atoms with van der Waals surface area (Å²) in [5.41, 5.74) is 4.58. The first-order valence-electron chi connectivity index (χ1n) is 11.6. The third-order valence-electron chi connectivity index (χ3n) is 6.70. The highest BCUT2D eigenvalue weighted by Crippen LogP contribution is 2.44. The summed E-state index contributed by atoms with van der Waals surface area (Å²) in [5.74, 6) is -0.738. The largest absolute Gasteiger partial charge is 0.481 e. The molecule has 1 fully saturated rings. The number of aliphatic carboxylic acids is 1. The van der Waals surface area contributed by atoms with Crippen LogP contribution >= 0.6 is 11.8 Å². The summed E-state index contributed by atoms with van der Waals surface area (Å²) >= 11 is 1.60. The Bertz CT molecular complexity index is 1010. The van der Waals surface area contributed by atoms with Crippen LogP contribution in [0.15, 0.2) is 48.5 Å². The molecule has 4 rings (SSSR count). The van der Waals surface area contributed by atoms with Crippen LogP contribution in [0.3, 0.4) is 0 Å². The van der Waals surface area contributed by atoms with Gasteiger partial charge in [-0.3, -0.25) is 9.59 Å². The Hall–Kier alpha value is -3.00. The maximum atomic E-state index is 13.1. The number of hydrogen-bond donors (Lipinski definition) is 2. The highest BCUT2D eigenvalue weighted by molar-refractivity contribution is 7.98. The minimum atomic E-state index is -0.817. The van der Waals surface area contributed by atoms with Crippen molar-refractivity contribution in [3.63, 3.8) is 0 Å². The number of carboxylic acid groups (broad SMARTS) is 1. The Balaban J connectivity index is 1.38. The number of benzene rings is 2. The minimum absolute atomic E-state index is 0.0476. The van der Waals surface area contributed by atoms with E-state index in [-0.39, 0.29) is 18.4 Å². The van der Waals surface area contributed by atoms with Crippen molar-refractivity contribution in [3.8, 4) is 11.1 Å². The Morgan fingerprint density at radius 3 is 2.21 bits per heavy atom. The van der Waals surface area contributed by atoms with E-state index in [9.17, 15) is 19.5 Å². The zero-order valence-electron chi connectivity index (χ0n) is 19.2. The van der Waals surface area contributed by atoms with Crippen LogP contribution in [0.5, 0.6) is 0 Å². The van der Waals surface area contributed by atoms with Crippen molar-refractivity contribution < 1.29 is 24.2 Å². The van der Waals surface area contributed by atoms with Crippen LogP contribution in [-0.2, 0) is 14.3 Å². The molecule has 2 N–H and O–H groups in total. The van der Waals surface area contributed by atoms with Crippen molar-refractivity contribution in [2.75, 3.05) is 31.7 Å². The highest BCUT2D eigenvalue weighted by Gasteiger charge is 2.33. The number of nitrogens with one attached hydrogen (secondary N) is 1. The van der Waals surface area contributed by atoms with Crippen molar-refractivity contribution in [2.45, 2.75) is 31.2 Å². The van der Waals surface area contributed by atoms with Crippen LogP contribution < -0.4 is 5.32 Å². The lowest BCUT2D eigenvalue weighted by molar-refractivity contribution is -0.146. The van der Waals surface area contributed by atoms with E-state index in [0.29, 0.717) is 38.1 Å². The molecular weight excluding hydrogens is 452 g/mol. The zero-order valence-corrected chi connectivity index (χ0v) is 20.1. The summed E-state index contributed by atoms with van der Waals surface area (Å²) in [6.07, 6.45) is 2.69. The van der Waals surface area contributed by atoms with E-state index in [1.165, 1.54) is 0 Å². The molecule has 1 aliphatic heterocycles. The van der Waals surface area contributed by atoms with Gasteiger partial charge in [0, 0.05) is 19.0 Å². The molecule has 0 unspecified atom stereocenters. The van der Waals surface area contributed by atoms with Gasteiger partial charge < -0.3 is 20.1 Å². The van der Waals surface area contributed by atoms with Gasteiger partial charge in [-0.25, -0.2) is 4.79 Å². The number of piperidine rings is 1. The standard InChI is InChI=1S/C26H30N2O5S/c1-34-15-12-23(24(29)28-13-10-17(11-14-28)25(30)31)27-26(32)33-16-22-20-8-4-2-6-18(20)19-7-3-5-9-21(19)22/h2-9,17,22-23H,10-16H2,1H3,(H,27,32)(H,30,31)/t23-/m1/s1. The molecule has 2 amide bonds. The number of nitrogens with zero attached hydrogens (tertiary/aromatic N) is 1. The number of fused-ring (bicyclic) bond motifs is 3. The van der Waals surface area contributed by atoms with Crippen LogP contribution in [0.4, 0.5) is 4.79 Å². The Morgan fingerprint density at radius 1 is 1.06 bits per heavy atom. The van der Waals surface area contributed by atoms with Crippen molar-refractivity contribution in [1.82, 2.24) is 10.2 Å². The first-order valence-corrected chi connectivity index (χ1v) is 13.0. The second kappa shape index (κ2) is 11.0. The molecule has 1 aliphatic carbocycles. The number of carboxylic acids is 1. The van der Waals surface area contributed by atoms with Crippen molar-refractivity contribution >= 4 is 29.7 Å². The SMILES string of the molecule is CSCC[C@@H](NC(=O)OCC1c2ccccc2-c2ccccc21)C(=O)N1CCC(C(=O)O)CC1.